The van der Waals surface area contributed by atoms with Crippen LogP contribution in [0.15, 0.2) is 41.1 Å². The molecule has 5 nitrogen and oxygen atoms in total. The molecule has 24 heavy (non-hydrogen) atoms. The molecule has 0 saturated carbocycles. The second-order valence-corrected chi connectivity index (χ2v) is 6.65. The van der Waals surface area contributed by atoms with Gasteiger partial charge in [0.25, 0.3) is 5.91 Å². The van der Waals surface area contributed by atoms with E-state index in [0.29, 0.717) is 27.0 Å². The first kappa shape index (κ1) is 16.3. The van der Waals surface area contributed by atoms with Crippen molar-refractivity contribution in [2.45, 2.75) is 6.92 Å². The monoisotopic (exact) mass is 361 g/mol. The second-order valence-electron chi connectivity index (χ2n) is 4.85. The highest BCUT2D eigenvalue weighted by molar-refractivity contribution is 7.14. The van der Waals surface area contributed by atoms with E-state index in [-0.39, 0.29) is 11.8 Å². The summed E-state index contributed by atoms with van der Waals surface area (Å²) in [4.78, 5) is 27.8. The van der Waals surface area contributed by atoms with Gasteiger partial charge in [-0.1, -0.05) is 6.07 Å². The van der Waals surface area contributed by atoms with Crippen LogP contribution >= 0.6 is 22.7 Å². The fourth-order valence-corrected chi connectivity index (χ4v) is 3.35. The number of carbonyl (C=O) groups excluding carboxylic acids is 2. The molecular weight excluding hydrogens is 349 g/mol. The predicted octanol–water partition coefficient (Wildman–Crippen LogP) is 4.22. The lowest BCUT2D eigenvalue weighted by Gasteiger charge is -2.04. The van der Waals surface area contributed by atoms with E-state index in [0.717, 1.165) is 0 Å². The fourth-order valence-electron chi connectivity index (χ4n) is 2.03. The molecule has 0 aliphatic rings. The van der Waals surface area contributed by atoms with Crippen molar-refractivity contribution in [2.75, 3.05) is 10.6 Å². The third-order valence-corrected chi connectivity index (χ3v) is 4.66. The summed E-state index contributed by atoms with van der Waals surface area (Å²) in [5, 5.41) is 9.09. The van der Waals surface area contributed by atoms with Gasteiger partial charge >= 0.3 is 0 Å². The molecule has 3 rings (SSSR count). The van der Waals surface area contributed by atoms with Crippen LogP contribution in [0, 0.1) is 5.82 Å². The van der Waals surface area contributed by atoms with Crippen LogP contribution in [0.1, 0.15) is 16.6 Å². The van der Waals surface area contributed by atoms with Gasteiger partial charge in [-0.15, -0.1) is 22.7 Å². The maximum Gasteiger partial charge on any atom is 0.267 e. The highest BCUT2D eigenvalue weighted by Gasteiger charge is 2.13. The molecule has 1 aromatic carbocycles. The Hall–Kier alpha value is -2.58. The summed E-state index contributed by atoms with van der Waals surface area (Å²) in [6.07, 6.45) is 0. The molecule has 0 aliphatic carbocycles. The molecule has 8 heteroatoms. The van der Waals surface area contributed by atoms with E-state index in [1.165, 1.54) is 35.7 Å². The van der Waals surface area contributed by atoms with Crippen LogP contribution in [0.25, 0.3) is 11.3 Å². The summed E-state index contributed by atoms with van der Waals surface area (Å²) in [7, 11) is 0. The van der Waals surface area contributed by atoms with Gasteiger partial charge in [-0.2, -0.15) is 0 Å². The number of carbonyl (C=O) groups is 2. The molecule has 3 aromatic rings. The molecule has 2 aromatic heterocycles. The molecule has 0 saturated heterocycles. The average molecular weight is 361 g/mol. The molecular formula is C16H12FN3O2S2. The Bertz CT molecular complexity index is 891. The van der Waals surface area contributed by atoms with Crippen molar-refractivity contribution in [2.24, 2.45) is 0 Å². The number of amides is 2. The lowest BCUT2D eigenvalue weighted by atomic mass is 10.1. The van der Waals surface area contributed by atoms with Crippen molar-refractivity contribution in [1.82, 2.24) is 4.98 Å². The molecule has 2 heterocycles. The van der Waals surface area contributed by atoms with Crippen molar-refractivity contribution in [3.8, 4) is 11.3 Å². The van der Waals surface area contributed by atoms with E-state index < -0.39 is 5.82 Å². The van der Waals surface area contributed by atoms with Crippen LogP contribution in [-0.4, -0.2) is 16.8 Å². The number of benzene rings is 1. The average Bonchev–Trinajstić information content (AvgIpc) is 3.18. The Balaban J connectivity index is 1.78. The summed E-state index contributed by atoms with van der Waals surface area (Å²) in [5.74, 6) is -1.01. The van der Waals surface area contributed by atoms with Crippen LogP contribution in [0.4, 0.5) is 15.2 Å². The van der Waals surface area contributed by atoms with Gasteiger partial charge in [0.2, 0.25) is 5.91 Å². The third kappa shape index (κ3) is 3.66. The molecule has 0 spiro atoms. The van der Waals surface area contributed by atoms with Crippen LogP contribution in [0.3, 0.4) is 0 Å². The quantitative estimate of drug-likeness (QED) is 0.731. The zero-order valence-electron chi connectivity index (χ0n) is 12.5. The first-order valence-corrected chi connectivity index (χ1v) is 8.67. The largest absolute Gasteiger partial charge is 0.326 e. The van der Waals surface area contributed by atoms with Crippen molar-refractivity contribution >= 4 is 45.3 Å². The van der Waals surface area contributed by atoms with Crippen molar-refractivity contribution in [3.05, 3.63) is 51.8 Å². The molecule has 0 aliphatic heterocycles. The van der Waals surface area contributed by atoms with Gasteiger partial charge in [0.05, 0.1) is 10.6 Å². The number of aromatic nitrogens is 1. The van der Waals surface area contributed by atoms with Gasteiger partial charge in [-0.05, 0) is 29.6 Å². The zero-order valence-corrected chi connectivity index (χ0v) is 14.1. The van der Waals surface area contributed by atoms with Crippen LogP contribution in [0.5, 0.6) is 0 Å². The van der Waals surface area contributed by atoms with Crippen LogP contribution < -0.4 is 10.6 Å². The molecule has 0 fully saturated rings. The SMILES string of the molecule is CC(=O)Nc1ccc(-c2csc(NC(=O)c3cccs3)n2)c(F)c1. The fraction of sp³-hybridized carbons (Fsp3) is 0.0625. The van der Waals surface area contributed by atoms with E-state index >= 15 is 0 Å². The molecule has 2 amide bonds. The van der Waals surface area contributed by atoms with E-state index in [1.54, 1.807) is 29.6 Å². The number of rotatable bonds is 4. The first-order chi connectivity index (χ1) is 11.5. The Kier molecular flexibility index (Phi) is 4.68. The van der Waals surface area contributed by atoms with Crippen LogP contribution in [0.2, 0.25) is 0 Å². The minimum Gasteiger partial charge on any atom is -0.326 e. The number of nitrogens with one attached hydrogen (secondary N) is 2. The summed E-state index contributed by atoms with van der Waals surface area (Å²) in [6, 6.07) is 7.89. The van der Waals surface area contributed by atoms with E-state index in [1.807, 2.05) is 5.38 Å². The summed E-state index contributed by atoms with van der Waals surface area (Å²) < 4.78 is 14.2. The van der Waals surface area contributed by atoms with Gasteiger partial charge in [-0.25, -0.2) is 9.37 Å². The minimum absolute atomic E-state index is 0.243. The Morgan fingerprint density at radius 1 is 1.17 bits per heavy atom. The maximum absolute atomic E-state index is 14.2. The molecule has 2 N–H and O–H groups in total. The normalized spacial score (nSPS) is 10.4. The van der Waals surface area contributed by atoms with Gasteiger partial charge < -0.3 is 5.32 Å². The smallest absolute Gasteiger partial charge is 0.267 e. The lowest BCUT2D eigenvalue weighted by molar-refractivity contribution is -0.114. The Morgan fingerprint density at radius 3 is 2.67 bits per heavy atom. The molecule has 0 atom stereocenters. The molecule has 122 valence electrons. The first-order valence-electron chi connectivity index (χ1n) is 6.91. The number of halogens is 1. The van der Waals surface area contributed by atoms with Gasteiger partial charge in [0.1, 0.15) is 5.82 Å². The molecule has 0 unspecified atom stereocenters. The minimum atomic E-state index is -0.498. The molecule has 0 radical (unpaired) electrons. The summed E-state index contributed by atoms with van der Waals surface area (Å²) in [5.41, 5.74) is 1.11. The second kappa shape index (κ2) is 6.90. The third-order valence-electron chi connectivity index (χ3n) is 3.04. The Morgan fingerprint density at radius 2 is 2.00 bits per heavy atom. The zero-order chi connectivity index (χ0) is 17.1. The highest BCUT2D eigenvalue weighted by Crippen LogP contribution is 2.29. The van der Waals surface area contributed by atoms with Crippen molar-refractivity contribution < 1.29 is 14.0 Å². The van der Waals surface area contributed by atoms with Gasteiger partial charge in [0, 0.05) is 23.6 Å². The Labute approximate surface area is 145 Å². The number of nitrogens with zero attached hydrogens (tertiary/aromatic N) is 1. The number of hydrogen-bond acceptors (Lipinski definition) is 5. The van der Waals surface area contributed by atoms with E-state index in [2.05, 4.69) is 15.6 Å². The summed E-state index contributed by atoms with van der Waals surface area (Å²) in [6.45, 7) is 1.36. The molecule has 0 bridgehead atoms. The number of anilines is 2. The van der Waals surface area contributed by atoms with Crippen molar-refractivity contribution in [3.63, 3.8) is 0 Å². The number of hydrogen-bond donors (Lipinski definition) is 2. The van der Waals surface area contributed by atoms with E-state index in [4.69, 9.17) is 0 Å². The maximum atomic E-state index is 14.2. The van der Waals surface area contributed by atoms with Crippen LogP contribution in [-0.2, 0) is 4.79 Å². The highest BCUT2D eigenvalue weighted by atomic mass is 32.1. The standard InChI is InChI=1S/C16H12FN3O2S2/c1-9(21)18-10-4-5-11(12(17)7-10)13-8-24-16(19-13)20-15(22)14-3-2-6-23-14/h2-8H,1H3,(H,18,21)(H,19,20,22). The van der Waals surface area contributed by atoms with Gasteiger partial charge in [0.15, 0.2) is 5.13 Å². The topological polar surface area (TPSA) is 71.1 Å². The number of thiazole rings is 1. The van der Waals surface area contributed by atoms with E-state index in [9.17, 15) is 14.0 Å². The lowest BCUT2D eigenvalue weighted by Crippen LogP contribution is -2.09. The van der Waals surface area contributed by atoms with Crippen molar-refractivity contribution in [1.29, 1.82) is 0 Å². The van der Waals surface area contributed by atoms with Gasteiger partial charge in [-0.3, -0.25) is 14.9 Å². The number of thiophene rings is 1. The summed E-state index contributed by atoms with van der Waals surface area (Å²) >= 11 is 2.55. The predicted molar refractivity (Wildman–Crippen MR) is 94.1 cm³/mol.